The van der Waals surface area contributed by atoms with Crippen molar-refractivity contribution < 1.29 is 5.11 Å². The molecule has 0 atom stereocenters. The third-order valence-corrected chi connectivity index (χ3v) is 4.18. The number of anilines is 1. The van der Waals surface area contributed by atoms with E-state index in [0.29, 0.717) is 12.3 Å². The van der Waals surface area contributed by atoms with Gasteiger partial charge in [-0.25, -0.2) is 0 Å². The second-order valence-corrected chi connectivity index (χ2v) is 8.27. The topological polar surface area (TPSA) is 32.3 Å². The molecule has 0 spiro atoms. The van der Waals surface area contributed by atoms with E-state index in [2.05, 4.69) is 77.2 Å². The zero-order valence-electron chi connectivity index (χ0n) is 15.2. The maximum absolute atomic E-state index is 10.1. The van der Waals surface area contributed by atoms with E-state index in [1.54, 1.807) is 6.07 Å². The molecule has 0 radical (unpaired) electrons. The molecule has 124 valence electrons. The number of aromatic hydroxyl groups is 1. The minimum absolute atomic E-state index is 0.0802. The summed E-state index contributed by atoms with van der Waals surface area (Å²) in [5, 5.41) is 13.5. The summed E-state index contributed by atoms with van der Waals surface area (Å²) in [5.41, 5.74) is 4.79. The molecule has 2 N–H and O–H groups in total. The molecule has 2 nitrogen and oxygen atoms in total. The second-order valence-electron chi connectivity index (χ2n) is 8.27. The van der Waals surface area contributed by atoms with E-state index < -0.39 is 0 Å². The highest BCUT2D eigenvalue weighted by Gasteiger charge is 2.16. The first-order chi connectivity index (χ1) is 10.6. The van der Waals surface area contributed by atoms with Crippen LogP contribution in [0.25, 0.3) is 0 Å². The van der Waals surface area contributed by atoms with Crippen molar-refractivity contribution in [2.75, 3.05) is 5.32 Å². The third-order valence-electron chi connectivity index (χ3n) is 4.18. The van der Waals surface area contributed by atoms with Gasteiger partial charge < -0.3 is 10.4 Å². The number of phenolic OH excluding ortho intramolecular Hbond substituents is 1. The molecule has 2 aromatic carbocycles. The fraction of sp³-hybridized carbons (Fsp3) is 0.429. The highest BCUT2D eigenvalue weighted by atomic mass is 16.3. The number of nitrogens with one attached hydrogen (secondary N) is 1. The van der Waals surface area contributed by atoms with E-state index in [9.17, 15) is 5.11 Å². The van der Waals surface area contributed by atoms with Crippen LogP contribution in [0.1, 0.15) is 58.2 Å². The first-order valence-corrected chi connectivity index (χ1v) is 8.24. The number of hydrogen-bond donors (Lipinski definition) is 2. The standard InChI is InChI=1S/C21H29NO/c1-20(2,3)16-7-10-18(11-8-16)22-14-15-13-17(21(4,5)6)9-12-19(15)23/h7-13,22-23H,14H2,1-6H3. The van der Waals surface area contributed by atoms with Gasteiger partial charge in [-0.15, -0.1) is 0 Å². The molecular formula is C21H29NO. The lowest BCUT2D eigenvalue weighted by Gasteiger charge is -2.21. The lowest BCUT2D eigenvalue weighted by atomic mass is 9.86. The number of phenols is 1. The second kappa shape index (κ2) is 6.27. The Balaban J connectivity index is 2.12. The predicted molar refractivity (Wildman–Crippen MR) is 99.3 cm³/mol. The molecule has 0 aromatic heterocycles. The number of benzene rings is 2. The molecule has 0 saturated heterocycles. The Hall–Kier alpha value is -1.96. The summed E-state index contributed by atoms with van der Waals surface area (Å²) in [7, 11) is 0. The summed E-state index contributed by atoms with van der Waals surface area (Å²) in [6, 6.07) is 14.4. The van der Waals surface area contributed by atoms with Crippen LogP contribution in [0.4, 0.5) is 5.69 Å². The molecular weight excluding hydrogens is 282 g/mol. The Morgan fingerprint density at radius 3 is 1.83 bits per heavy atom. The van der Waals surface area contributed by atoms with Crippen molar-refractivity contribution in [3.63, 3.8) is 0 Å². The molecule has 2 aromatic rings. The van der Waals surface area contributed by atoms with E-state index in [4.69, 9.17) is 0 Å². The van der Waals surface area contributed by atoms with Crippen molar-refractivity contribution in [1.82, 2.24) is 0 Å². The van der Waals surface area contributed by atoms with Crippen LogP contribution in [-0.4, -0.2) is 5.11 Å². The lowest BCUT2D eigenvalue weighted by molar-refractivity contribution is 0.467. The maximum Gasteiger partial charge on any atom is 0.120 e. The van der Waals surface area contributed by atoms with Crippen molar-refractivity contribution in [2.45, 2.75) is 58.9 Å². The Labute approximate surface area is 140 Å². The van der Waals surface area contributed by atoms with Gasteiger partial charge in [0, 0.05) is 17.8 Å². The van der Waals surface area contributed by atoms with Gasteiger partial charge in [-0.1, -0.05) is 59.7 Å². The van der Waals surface area contributed by atoms with Crippen molar-refractivity contribution in [2.24, 2.45) is 0 Å². The van der Waals surface area contributed by atoms with E-state index in [1.807, 2.05) is 6.07 Å². The molecule has 0 unspecified atom stereocenters. The van der Waals surface area contributed by atoms with Crippen LogP contribution in [0.2, 0.25) is 0 Å². The fourth-order valence-corrected chi connectivity index (χ4v) is 2.48. The number of hydrogen-bond acceptors (Lipinski definition) is 2. The SMILES string of the molecule is CC(C)(C)c1ccc(NCc2cc(C(C)(C)C)ccc2O)cc1. The van der Waals surface area contributed by atoms with Gasteiger partial charge in [-0.05, 0) is 46.2 Å². The molecule has 0 bridgehead atoms. The summed E-state index contributed by atoms with van der Waals surface area (Å²) in [4.78, 5) is 0. The summed E-state index contributed by atoms with van der Waals surface area (Å²) in [5.74, 6) is 0.344. The molecule has 2 heteroatoms. The van der Waals surface area contributed by atoms with Gasteiger partial charge in [0.1, 0.15) is 5.75 Å². The minimum Gasteiger partial charge on any atom is -0.508 e. The average molecular weight is 311 g/mol. The summed E-state index contributed by atoms with van der Waals surface area (Å²) < 4.78 is 0. The molecule has 0 heterocycles. The van der Waals surface area contributed by atoms with Gasteiger partial charge in [0.05, 0.1) is 0 Å². The van der Waals surface area contributed by atoms with Gasteiger partial charge in [-0.2, -0.15) is 0 Å². The van der Waals surface area contributed by atoms with Crippen LogP contribution in [0, 0.1) is 0 Å². The first kappa shape index (κ1) is 17.4. The van der Waals surface area contributed by atoms with Crippen LogP contribution in [-0.2, 0) is 17.4 Å². The van der Waals surface area contributed by atoms with Crippen LogP contribution in [0.15, 0.2) is 42.5 Å². The monoisotopic (exact) mass is 311 g/mol. The summed E-state index contributed by atoms with van der Waals surface area (Å²) in [6.45, 7) is 13.8. The van der Waals surface area contributed by atoms with Crippen LogP contribution >= 0.6 is 0 Å². The van der Waals surface area contributed by atoms with Gasteiger partial charge in [0.2, 0.25) is 0 Å². The van der Waals surface area contributed by atoms with Crippen LogP contribution in [0.3, 0.4) is 0 Å². The van der Waals surface area contributed by atoms with Crippen molar-refractivity contribution in [3.05, 3.63) is 59.2 Å². The quantitative estimate of drug-likeness (QED) is 0.773. The lowest BCUT2D eigenvalue weighted by Crippen LogP contribution is -2.12. The van der Waals surface area contributed by atoms with Crippen molar-refractivity contribution >= 4 is 5.69 Å². The van der Waals surface area contributed by atoms with Crippen LogP contribution in [0.5, 0.6) is 5.75 Å². The minimum atomic E-state index is 0.0802. The van der Waals surface area contributed by atoms with E-state index >= 15 is 0 Å². The normalized spacial score (nSPS) is 12.3. The zero-order valence-corrected chi connectivity index (χ0v) is 15.2. The molecule has 0 aliphatic rings. The molecule has 0 saturated carbocycles. The zero-order chi connectivity index (χ0) is 17.3. The fourth-order valence-electron chi connectivity index (χ4n) is 2.48. The largest absolute Gasteiger partial charge is 0.508 e. The average Bonchev–Trinajstić information content (AvgIpc) is 2.44. The molecule has 0 fully saturated rings. The Morgan fingerprint density at radius 1 is 0.783 bits per heavy atom. The van der Waals surface area contributed by atoms with Crippen molar-refractivity contribution in [3.8, 4) is 5.75 Å². The molecule has 2 rings (SSSR count). The highest BCUT2D eigenvalue weighted by molar-refractivity contribution is 5.48. The first-order valence-electron chi connectivity index (χ1n) is 8.24. The Kier molecular flexibility index (Phi) is 4.74. The van der Waals surface area contributed by atoms with E-state index in [0.717, 1.165) is 11.3 Å². The predicted octanol–water partition coefficient (Wildman–Crippen LogP) is 5.60. The molecule has 0 aliphatic heterocycles. The Bertz CT molecular complexity index is 658. The third kappa shape index (κ3) is 4.51. The molecule has 0 aliphatic carbocycles. The highest BCUT2D eigenvalue weighted by Crippen LogP contribution is 2.28. The van der Waals surface area contributed by atoms with Crippen LogP contribution < -0.4 is 5.32 Å². The number of rotatable bonds is 3. The molecule has 0 amide bonds. The van der Waals surface area contributed by atoms with E-state index in [-0.39, 0.29) is 10.8 Å². The van der Waals surface area contributed by atoms with Gasteiger partial charge in [-0.3, -0.25) is 0 Å². The van der Waals surface area contributed by atoms with Gasteiger partial charge in [0.15, 0.2) is 0 Å². The van der Waals surface area contributed by atoms with Gasteiger partial charge >= 0.3 is 0 Å². The van der Waals surface area contributed by atoms with E-state index in [1.165, 1.54) is 11.1 Å². The smallest absolute Gasteiger partial charge is 0.120 e. The van der Waals surface area contributed by atoms with Crippen molar-refractivity contribution in [1.29, 1.82) is 0 Å². The molecule has 23 heavy (non-hydrogen) atoms. The summed E-state index contributed by atoms with van der Waals surface area (Å²) >= 11 is 0. The summed E-state index contributed by atoms with van der Waals surface area (Å²) in [6.07, 6.45) is 0. The van der Waals surface area contributed by atoms with Gasteiger partial charge in [0.25, 0.3) is 0 Å². The maximum atomic E-state index is 10.1. The Morgan fingerprint density at radius 2 is 1.30 bits per heavy atom.